The highest BCUT2D eigenvalue weighted by Crippen LogP contribution is 2.51. The molecule has 7 nitrogen and oxygen atoms in total. The van der Waals surface area contributed by atoms with Crippen molar-refractivity contribution >= 4 is 21.6 Å². The quantitative estimate of drug-likeness (QED) is 0.515. The molecule has 0 radical (unpaired) electrons. The number of rotatable bonds is 6. The molecule has 1 amide bonds. The van der Waals surface area contributed by atoms with Crippen LogP contribution in [0.1, 0.15) is 37.7 Å². The van der Waals surface area contributed by atoms with Crippen molar-refractivity contribution in [3.63, 3.8) is 0 Å². The van der Waals surface area contributed by atoms with Crippen molar-refractivity contribution in [2.75, 3.05) is 25.2 Å². The molecule has 3 aliphatic rings. The molecule has 0 bridgehead atoms. The Morgan fingerprint density at radius 1 is 0.833 bits per heavy atom. The van der Waals surface area contributed by atoms with Crippen LogP contribution >= 0.6 is 0 Å². The van der Waals surface area contributed by atoms with Gasteiger partial charge < -0.3 is 14.8 Å². The average Bonchev–Trinajstić information content (AvgIpc) is 3.60. The molecule has 1 saturated carbocycles. The van der Waals surface area contributed by atoms with E-state index in [1.54, 1.807) is 16.4 Å². The van der Waals surface area contributed by atoms with E-state index in [1.807, 2.05) is 54.6 Å². The van der Waals surface area contributed by atoms with Crippen LogP contribution in [0, 0.1) is 0 Å². The molecule has 36 heavy (non-hydrogen) atoms. The van der Waals surface area contributed by atoms with E-state index in [2.05, 4.69) is 5.32 Å². The maximum atomic E-state index is 13.3. The van der Waals surface area contributed by atoms with Crippen molar-refractivity contribution in [2.45, 2.75) is 42.4 Å². The van der Waals surface area contributed by atoms with Crippen LogP contribution in [0.3, 0.4) is 0 Å². The topological polar surface area (TPSA) is 84.9 Å². The third-order valence-electron chi connectivity index (χ3n) is 7.37. The van der Waals surface area contributed by atoms with E-state index >= 15 is 0 Å². The molecule has 186 valence electrons. The fraction of sp³-hybridized carbons (Fsp3) is 0.321. The highest BCUT2D eigenvalue weighted by Gasteiger charge is 2.51. The Labute approximate surface area is 211 Å². The highest BCUT2D eigenvalue weighted by atomic mass is 32.2. The number of nitrogens with zero attached hydrogens (tertiary/aromatic N) is 1. The van der Waals surface area contributed by atoms with Crippen LogP contribution in [0.25, 0.3) is 11.1 Å². The summed E-state index contributed by atoms with van der Waals surface area (Å²) in [5, 5.41) is 3.09. The molecular weight excluding hydrogens is 476 g/mol. The predicted octanol–water partition coefficient (Wildman–Crippen LogP) is 4.93. The lowest BCUT2D eigenvalue weighted by molar-refractivity contribution is -0.118. The molecule has 3 aromatic rings. The molecule has 2 fully saturated rings. The molecule has 2 aliphatic heterocycles. The van der Waals surface area contributed by atoms with Gasteiger partial charge in [0.25, 0.3) is 0 Å². The van der Waals surface area contributed by atoms with E-state index in [0.717, 1.165) is 48.8 Å². The number of hydrogen-bond acceptors (Lipinski definition) is 5. The number of nitrogens with one attached hydrogen (secondary N) is 1. The Morgan fingerprint density at radius 2 is 1.58 bits per heavy atom. The van der Waals surface area contributed by atoms with Gasteiger partial charge in [0.1, 0.15) is 0 Å². The lowest BCUT2D eigenvalue weighted by Crippen LogP contribution is -2.35. The summed E-state index contributed by atoms with van der Waals surface area (Å²) in [6, 6.07) is 20.3. The molecule has 6 rings (SSSR count). The van der Waals surface area contributed by atoms with Crippen LogP contribution in [0.5, 0.6) is 11.5 Å². The zero-order chi connectivity index (χ0) is 24.8. The fourth-order valence-electron chi connectivity index (χ4n) is 5.07. The number of carbonyl (C=O) groups is 1. The molecule has 2 heterocycles. The molecule has 3 aromatic carbocycles. The molecule has 1 saturated heterocycles. The van der Waals surface area contributed by atoms with Gasteiger partial charge in [-0.05, 0) is 78.8 Å². The van der Waals surface area contributed by atoms with Gasteiger partial charge in [0.05, 0.1) is 10.3 Å². The van der Waals surface area contributed by atoms with Gasteiger partial charge in [-0.2, -0.15) is 4.31 Å². The Hall–Kier alpha value is -3.36. The first kappa shape index (κ1) is 23.1. The minimum Gasteiger partial charge on any atom is -0.454 e. The first-order chi connectivity index (χ1) is 17.5. The van der Waals surface area contributed by atoms with Gasteiger partial charge in [0.2, 0.25) is 22.7 Å². The number of hydrogen-bond donors (Lipinski definition) is 1. The third-order valence-corrected chi connectivity index (χ3v) is 9.28. The van der Waals surface area contributed by atoms with Crippen LogP contribution in [-0.4, -0.2) is 38.5 Å². The Kier molecular flexibility index (Phi) is 5.73. The molecule has 0 atom stereocenters. The smallest absolute Gasteiger partial charge is 0.243 e. The fourth-order valence-corrected chi connectivity index (χ4v) is 6.58. The van der Waals surface area contributed by atoms with Gasteiger partial charge in [-0.15, -0.1) is 0 Å². The van der Waals surface area contributed by atoms with Crippen LogP contribution in [-0.2, 0) is 20.2 Å². The second-order valence-corrected chi connectivity index (χ2v) is 11.6. The van der Waals surface area contributed by atoms with Crippen molar-refractivity contribution in [2.24, 2.45) is 0 Å². The van der Waals surface area contributed by atoms with Crippen molar-refractivity contribution in [3.05, 3.63) is 72.3 Å². The van der Waals surface area contributed by atoms with Crippen molar-refractivity contribution in [1.82, 2.24) is 4.31 Å². The molecule has 8 heteroatoms. The average molecular weight is 505 g/mol. The summed E-state index contributed by atoms with van der Waals surface area (Å²) in [5.41, 5.74) is 2.88. The van der Waals surface area contributed by atoms with Gasteiger partial charge in [0.15, 0.2) is 11.5 Å². The molecule has 0 aromatic heterocycles. The zero-order valence-electron chi connectivity index (χ0n) is 19.9. The Morgan fingerprint density at radius 3 is 2.33 bits per heavy atom. The van der Waals surface area contributed by atoms with Crippen molar-refractivity contribution in [3.8, 4) is 22.6 Å². The number of piperidine rings is 1. The maximum Gasteiger partial charge on any atom is 0.243 e. The SMILES string of the molecule is O=C(Nc1cccc(-c2ccc(S(=O)(=O)N3CCCCC3)cc2)c1)C1(c2ccc3c(c2)OCO3)CC1. The van der Waals surface area contributed by atoms with Crippen molar-refractivity contribution in [1.29, 1.82) is 0 Å². The maximum absolute atomic E-state index is 13.3. The van der Waals surface area contributed by atoms with Gasteiger partial charge >= 0.3 is 0 Å². The largest absolute Gasteiger partial charge is 0.454 e. The number of amides is 1. The normalized spacial score (nSPS) is 18.6. The summed E-state index contributed by atoms with van der Waals surface area (Å²) in [6.07, 6.45) is 4.46. The first-order valence-corrected chi connectivity index (χ1v) is 13.8. The van der Waals surface area contributed by atoms with Crippen LogP contribution < -0.4 is 14.8 Å². The second-order valence-electron chi connectivity index (χ2n) is 9.67. The summed E-state index contributed by atoms with van der Waals surface area (Å²) < 4.78 is 38.4. The van der Waals surface area contributed by atoms with Crippen molar-refractivity contribution < 1.29 is 22.7 Å². The number of carbonyl (C=O) groups excluding carboxylic acids is 1. The molecular formula is C28H28N2O5S. The molecule has 0 spiro atoms. The predicted molar refractivity (Wildman–Crippen MR) is 137 cm³/mol. The van der Waals surface area contributed by atoms with E-state index in [4.69, 9.17) is 9.47 Å². The number of fused-ring (bicyclic) bond motifs is 1. The van der Waals surface area contributed by atoms with Crippen LogP contribution in [0.2, 0.25) is 0 Å². The van der Waals surface area contributed by atoms with Crippen LogP contribution in [0.4, 0.5) is 5.69 Å². The Balaban J connectivity index is 1.19. The summed E-state index contributed by atoms with van der Waals surface area (Å²) >= 11 is 0. The monoisotopic (exact) mass is 504 g/mol. The summed E-state index contributed by atoms with van der Waals surface area (Å²) in [4.78, 5) is 13.6. The number of sulfonamides is 1. The zero-order valence-corrected chi connectivity index (χ0v) is 20.7. The summed E-state index contributed by atoms with van der Waals surface area (Å²) in [5.74, 6) is 1.35. The van der Waals surface area contributed by atoms with Crippen LogP contribution in [0.15, 0.2) is 71.6 Å². The van der Waals surface area contributed by atoms with E-state index in [9.17, 15) is 13.2 Å². The number of benzene rings is 3. The number of anilines is 1. The van der Waals surface area contributed by atoms with E-state index < -0.39 is 15.4 Å². The van der Waals surface area contributed by atoms with E-state index in [0.29, 0.717) is 35.2 Å². The highest BCUT2D eigenvalue weighted by molar-refractivity contribution is 7.89. The Bertz CT molecular complexity index is 1410. The first-order valence-electron chi connectivity index (χ1n) is 12.4. The van der Waals surface area contributed by atoms with Gasteiger partial charge in [-0.3, -0.25) is 4.79 Å². The lowest BCUT2D eigenvalue weighted by Gasteiger charge is -2.25. The second kappa shape index (κ2) is 8.94. The standard InChI is InChI=1S/C28H28N2O5S/c31-27(28(13-14-28)22-9-12-25-26(18-22)35-19-34-25)29-23-6-4-5-21(17-23)20-7-10-24(11-8-20)36(32,33)30-15-2-1-3-16-30/h4-12,17-18H,1-3,13-16,19H2,(H,29,31). The molecule has 1 aliphatic carbocycles. The number of ether oxygens (including phenoxy) is 2. The van der Waals surface area contributed by atoms with Gasteiger partial charge in [0, 0.05) is 18.8 Å². The minimum atomic E-state index is -3.47. The molecule has 1 N–H and O–H groups in total. The molecule has 0 unspecified atom stereocenters. The van der Waals surface area contributed by atoms with E-state index in [1.165, 1.54) is 0 Å². The van der Waals surface area contributed by atoms with E-state index in [-0.39, 0.29) is 12.7 Å². The van der Waals surface area contributed by atoms with Gasteiger partial charge in [-0.1, -0.05) is 36.8 Å². The summed E-state index contributed by atoms with van der Waals surface area (Å²) in [6.45, 7) is 1.37. The summed E-state index contributed by atoms with van der Waals surface area (Å²) in [7, 11) is -3.47. The lowest BCUT2D eigenvalue weighted by atomic mass is 9.94. The minimum absolute atomic E-state index is 0.0403. The third kappa shape index (κ3) is 4.14. The van der Waals surface area contributed by atoms with Gasteiger partial charge in [-0.25, -0.2) is 8.42 Å².